The zero-order valence-corrected chi connectivity index (χ0v) is 11.7. The van der Waals surface area contributed by atoms with Crippen LogP contribution in [-0.2, 0) is 9.47 Å². The average Bonchev–Trinajstić information content (AvgIpc) is 3.09. The molecule has 2 saturated heterocycles. The lowest BCUT2D eigenvalue weighted by Gasteiger charge is -2.38. The summed E-state index contributed by atoms with van der Waals surface area (Å²) in [5.74, 6) is -0.0233. The van der Waals surface area contributed by atoms with Crippen molar-refractivity contribution in [1.82, 2.24) is 14.5 Å². The van der Waals surface area contributed by atoms with Gasteiger partial charge in [0.15, 0.2) is 5.69 Å². The van der Waals surface area contributed by atoms with Gasteiger partial charge < -0.3 is 14.4 Å². The maximum absolute atomic E-state index is 12.1. The SMILES string of the molecule is COC1COC2(CCN(C(=O)c3csnn3)CC2)C1. The summed E-state index contributed by atoms with van der Waals surface area (Å²) < 4.78 is 15.0. The van der Waals surface area contributed by atoms with Crippen molar-refractivity contribution in [3.63, 3.8) is 0 Å². The fourth-order valence-electron chi connectivity index (χ4n) is 2.84. The van der Waals surface area contributed by atoms with E-state index in [1.54, 1.807) is 12.5 Å². The zero-order valence-electron chi connectivity index (χ0n) is 10.9. The Morgan fingerprint density at radius 1 is 1.58 bits per heavy atom. The smallest absolute Gasteiger partial charge is 0.275 e. The molecule has 0 N–H and O–H groups in total. The standard InChI is InChI=1S/C12H17N3O3S/c1-17-9-6-12(18-7-9)2-4-15(5-3-12)11(16)10-8-19-14-13-10/h8-9H,2-7H2,1H3. The van der Waals surface area contributed by atoms with Crippen LogP contribution in [0.4, 0.5) is 0 Å². The van der Waals surface area contributed by atoms with Gasteiger partial charge in [-0.15, -0.1) is 5.10 Å². The Kier molecular flexibility index (Phi) is 3.51. The van der Waals surface area contributed by atoms with Gasteiger partial charge in [0, 0.05) is 32.0 Å². The maximum atomic E-state index is 12.1. The summed E-state index contributed by atoms with van der Waals surface area (Å²) in [6.07, 6.45) is 2.88. The van der Waals surface area contributed by atoms with Crippen LogP contribution in [0.3, 0.4) is 0 Å². The van der Waals surface area contributed by atoms with Gasteiger partial charge in [0.05, 0.1) is 18.3 Å². The van der Waals surface area contributed by atoms with E-state index in [1.165, 1.54) is 11.5 Å². The minimum atomic E-state index is -0.0855. The number of ether oxygens (including phenoxy) is 2. The number of nitrogens with zero attached hydrogens (tertiary/aromatic N) is 3. The van der Waals surface area contributed by atoms with Crippen LogP contribution in [0.1, 0.15) is 29.8 Å². The summed E-state index contributed by atoms with van der Waals surface area (Å²) in [5.41, 5.74) is 0.362. The van der Waals surface area contributed by atoms with Crippen LogP contribution >= 0.6 is 11.5 Å². The van der Waals surface area contributed by atoms with Crippen molar-refractivity contribution >= 4 is 17.4 Å². The van der Waals surface area contributed by atoms with E-state index in [0.717, 1.165) is 19.3 Å². The quantitative estimate of drug-likeness (QED) is 0.808. The van der Waals surface area contributed by atoms with Gasteiger partial charge in [-0.2, -0.15) is 0 Å². The molecule has 0 radical (unpaired) electrons. The lowest BCUT2D eigenvalue weighted by Crippen LogP contribution is -2.46. The molecule has 3 heterocycles. The molecule has 0 aromatic carbocycles. The van der Waals surface area contributed by atoms with Gasteiger partial charge in [-0.1, -0.05) is 4.49 Å². The lowest BCUT2D eigenvalue weighted by atomic mass is 9.88. The number of carbonyl (C=O) groups excluding carboxylic acids is 1. The molecule has 7 heteroatoms. The van der Waals surface area contributed by atoms with Crippen molar-refractivity contribution in [3.8, 4) is 0 Å². The van der Waals surface area contributed by atoms with Crippen molar-refractivity contribution < 1.29 is 14.3 Å². The van der Waals surface area contributed by atoms with Crippen molar-refractivity contribution in [2.45, 2.75) is 31.0 Å². The second kappa shape index (κ2) is 5.15. The molecule has 2 fully saturated rings. The number of aromatic nitrogens is 2. The molecule has 1 aromatic rings. The van der Waals surface area contributed by atoms with E-state index in [1.807, 2.05) is 4.90 Å². The first kappa shape index (κ1) is 13.0. The van der Waals surface area contributed by atoms with Crippen LogP contribution in [0.5, 0.6) is 0 Å². The summed E-state index contributed by atoms with van der Waals surface area (Å²) in [5, 5.41) is 5.53. The zero-order chi connectivity index (χ0) is 13.3. The predicted molar refractivity (Wildman–Crippen MR) is 69.1 cm³/mol. The van der Waals surface area contributed by atoms with Crippen LogP contribution in [0, 0.1) is 0 Å². The van der Waals surface area contributed by atoms with E-state index >= 15 is 0 Å². The van der Waals surface area contributed by atoms with Gasteiger partial charge in [-0.3, -0.25) is 4.79 Å². The number of amides is 1. The van der Waals surface area contributed by atoms with Gasteiger partial charge in [-0.05, 0) is 24.4 Å². The molecule has 6 nitrogen and oxygen atoms in total. The van der Waals surface area contributed by atoms with Crippen molar-refractivity contribution in [2.24, 2.45) is 0 Å². The Hall–Kier alpha value is -1.05. The average molecular weight is 283 g/mol. The molecule has 0 aliphatic carbocycles. The molecule has 3 rings (SSSR count). The van der Waals surface area contributed by atoms with Crippen LogP contribution < -0.4 is 0 Å². The number of hydrogen-bond acceptors (Lipinski definition) is 6. The summed E-state index contributed by atoms with van der Waals surface area (Å²) in [7, 11) is 1.72. The molecule has 0 saturated carbocycles. The van der Waals surface area contributed by atoms with E-state index in [4.69, 9.17) is 9.47 Å². The third-order valence-electron chi connectivity index (χ3n) is 4.05. The lowest BCUT2D eigenvalue weighted by molar-refractivity contribution is -0.0403. The highest BCUT2D eigenvalue weighted by Crippen LogP contribution is 2.36. The van der Waals surface area contributed by atoms with E-state index < -0.39 is 0 Å². The van der Waals surface area contributed by atoms with Gasteiger partial charge in [-0.25, -0.2) is 0 Å². The van der Waals surface area contributed by atoms with Crippen molar-refractivity contribution in [2.75, 3.05) is 26.8 Å². The molecule has 1 amide bonds. The van der Waals surface area contributed by atoms with Crippen LogP contribution in [0.15, 0.2) is 5.38 Å². The van der Waals surface area contributed by atoms with Gasteiger partial charge >= 0.3 is 0 Å². The van der Waals surface area contributed by atoms with Crippen LogP contribution in [0.25, 0.3) is 0 Å². The molecular formula is C12H17N3O3S. The Bertz CT molecular complexity index is 443. The normalized spacial score (nSPS) is 25.9. The van der Waals surface area contributed by atoms with Gasteiger partial charge in [0.2, 0.25) is 0 Å². The maximum Gasteiger partial charge on any atom is 0.275 e. The Morgan fingerprint density at radius 3 is 2.95 bits per heavy atom. The first-order chi connectivity index (χ1) is 9.22. The van der Waals surface area contributed by atoms with E-state index in [2.05, 4.69) is 9.59 Å². The summed E-state index contributed by atoms with van der Waals surface area (Å²) in [6, 6.07) is 0. The molecule has 104 valence electrons. The third-order valence-corrected chi connectivity index (χ3v) is 4.55. The summed E-state index contributed by atoms with van der Waals surface area (Å²) in [4.78, 5) is 14.0. The molecule has 1 spiro atoms. The Balaban J connectivity index is 1.59. The highest BCUT2D eigenvalue weighted by molar-refractivity contribution is 7.03. The van der Waals surface area contributed by atoms with E-state index in [0.29, 0.717) is 25.4 Å². The number of carbonyl (C=O) groups is 1. The fraction of sp³-hybridized carbons (Fsp3) is 0.750. The summed E-state index contributed by atoms with van der Waals surface area (Å²) >= 11 is 1.20. The van der Waals surface area contributed by atoms with E-state index in [9.17, 15) is 4.79 Å². The largest absolute Gasteiger partial charge is 0.379 e. The number of hydrogen-bond donors (Lipinski definition) is 0. The number of methoxy groups -OCH3 is 1. The third kappa shape index (κ3) is 2.50. The minimum absolute atomic E-state index is 0.0233. The first-order valence-electron chi connectivity index (χ1n) is 6.45. The molecule has 1 unspecified atom stereocenters. The molecule has 0 bridgehead atoms. The number of rotatable bonds is 2. The number of piperidine rings is 1. The predicted octanol–water partition coefficient (Wildman–Crippen LogP) is 0.948. The summed E-state index contributed by atoms with van der Waals surface area (Å²) in [6.45, 7) is 2.10. The second-order valence-electron chi connectivity index (χ2n) is 5.14. The minimum Gasteiger partial charge on any atom is -0.379 e. The van der Waals surface area contributed by atoms with Crippen molar-refractivity contribution in [3.05, 3.63) is 11.1 Å². The van der Waals surface area contributed by atoms with Gasteiger partial charge in [0.25, 0.3) is 5.91 Å². The molecule has 1 aromatic heterocycles. The monoisotopic (exact) mass is 283 g/mol. The molecule has 19 heavy (non-hydrogen) atoms. The molecule has 2 aliphatic rings. The Labute approximate surface area is 115 Å². The van der Waals surface area contributed by atoms with E-state index in [-0.39, 0.29) is 17.6 Å². The molecule has 2 aliphatic heterocycles. The topological polar surface area (TPSA) is 64.6 Å². The highest BCUT2D eigenvalue weighted by atomic mass is 32.1. The molecule has 1 atom stereocenters. The molecular weight excluding hydrogens is 266 g/mol. The Morgan fingerprint density at radius 2 is 2.37 bits per heavy atom. The van der Waals surface area contributed by atoms with Crippen molar-refractivity contribution in [1.29, 1.82) is 0 Å². The fourth-order valence-corrected chi connectivity index (χ4v) is 3.27. The number of likely N-dealkylation sites (tertiary alicyclic amines) is 1. The van der Waals surface area contributed by atoms with Gasteiger partial charge in [0.1, 0.15) is 0 Å². The van der Waals surface area contributed by atoms with Crippen LogP contribution in [0.2, 0.25) is 0 Å². The van der Waals surface area contributed by atoms with Crippen LogP contribution in [-0.4, -0.2) is 58.9 Å². The first-order valence-corrected chi connectivity index (χ1v) is 7.29. The highest BCUT2D eigenvalue weighted by Gasteiger charge is 2.43. The second-order valence-corrected chi connectivity index (χ2v) is 5.75.